The number of piperazine rings is 1. The van der Waals surface area contributed by atoms with Crippen LogP contribution in [0.3, 0.4) is 0 Å². The third-order valence-electron chi connectivity index (χ3n) is 4.71. The summed E-state index contributed by atoms with van der Waals surface area (Å²) in [5, 5.41) is 2.86. The molecular formula is C20H24N4O3. The summed E-state index contributed by atoms with van der Waals surface area (Å²) in [6, 6.07) is 12.6. The van der Waals surface area contributed by atoms with Gasteiger partial charge in [-0.1, -0.05) is 6.07 Å². The van der Waals surface area contributed by atoms with E-state index in [1.54, 1.807) is 18.2 Å². The van der Waals surface area contributed by atoms with E-state index in [0.29, 0.717) is 19.6 Å². The highest BCUT2D eigenvalue weighted by Crippen LogP contribution is 2.23. The Morgan fingerprint density at radius 2 is 2.00 bits per heavy atom. The van der Waals surface area contributed by atoms with Crippen LogP contribution in [-0.4, -0.2) is 54.5 Å². The third kappa shape index (κ3) is 4.62. The predicted octanol–water partition coefficient (Wildman–Crippen LogP) is 1.44. The zero-order valence-corrected chi connectivity index (χ0v) is 15.6. The molecule has 0 unspecified atom stereocenters. The number of amides is 2. The van der Waals surface area contributed by atoms with Gasteiger partial charge in [0, 0.05) is 25.0 Å². The van der Waals surface area contributed by atoms with Gasteiger partial charge in [-0.25, -0.2) is 0 Å². The molecule has 1 aliphatic heterocycles. The van der Waals surface area contributed by atoms with Crippen LogP contribution in [0.5, 0.6) is 5.75 Å². The number of carbonyl (C=O) groups excluding carboxylic acids is 2. The lowest BCUT2D eigenvalue weighted by atomic mass is 10.1. The number of methoxy groups -OCH3 is 1. The van der Waals surface area contributed by atoms with Crippen molar-refractivity contribution in [3.63, 3.8) is 0 Å². The smallest absolute Gasteiger partial charge is 0.244 e. The van der Waals surface area contributed by atoms with E-state index >= 15 is 0 Å². The maximum absolute atomic E-state index is 12.8. The fourth-order valence-corrected chi connectivity index (χ4v) is 3.08. The van der Waals surface area contributed by atoms with E-state index < -0.39 is 0 Å². The molecule has 1 atom stereocenters. The van der Waals surface area contributed by atoms with Gasteiger partial charge in [-0.05, 0) is 43.3 Å². The summed E-state index contributed by atoms with van der Waals surface area (Å²) in [4.78, 5) is 32.8. The van der Waals surface area contributed by atoms with Crippen molar-refractivity contribution in [2.24, 2.45) is 0 Å². The molecule has 142 valence electrons. The Morgan fingerprint density at radius 1 is 1.22 bits per heavy atom. The quantitative estimate of drug-likeness (QED) is 0.835. The van der Waals surface area contributed by atoms with Crippen molar-refractivity contribution < 1.29 is 14.3 Å². The third-order valence-corrected chi connectivity index (χ3v) is 4.71. The molecule has 1 fully saturated rings. The van der Waals surface area contributed by atoms with E-state index in [4.69, 9.17) is 4.74 Å². The first-order chi connectivity index (χ1) is 13.1. The number of nitrogens with zero attached hydrogens (tertiary/aromatic N) is 3. The summed E-state index contributed by atoms with van der Waals surface area (Å²) >= 11 is 0. The lowest BCUT2D eigenvalue weighted by Gasteiger charge is -2.38. The van der Waals surface area contributed by atoms with Crippen LogP contribution >= 0.6 is 0 Å². The second kappa shape index (κ2) is 8.64. The van der Waals surface area contributed by atoms with Gasteiger partial charge in [-0.3, -0.25) is 19.5 Å². The summed E-state index contributed by atoms with van der Waals surface area (Å²) in [6.45, 7) is 3.59. The molecule has 0 aliphatic carbocycles. The highest BCUT2D eigenvalue weighted by molar-refractivity contribution is 5.98. The number of pyridine rings is 1. The zero-order chi connectivity index (χ0) is 19.2. The van der Waals surface area contributed by atoms with Gasteiger partial charge < -0.3 is 15.0 Å². The Morgan fingerprint density at radius 3 is 2.67 bits per heavy atom. The van der Waals surface area contributed by atoms with Gasteiger partial charge >= 0.3 is 0 Å². The summed E-state index contributed by atoms with van der Waals surface area (Å²) < 4.78 is 5.16. The molecular weight excluding hydrogens is 344 g/mol. The monoisotopic (exact) mass is 368 g/mol. The van der Waals surface area contributed by atoms with Crippen LogP contribution in [0, 0.1) is 0 Å². The molecule has 1 aromatic heterocycles. The van der Waals surface area contributed by atoms with Gasteiger partial charge in [0.25, 0.3) is 0 Å². The van der Waals surface area contributed by atoms with Crippen molar-refractivity contribution in [1.82, 2.24) is 15.2 Å². The molecule has 2 amide bonds. The highest BCUT2D eigenvalue weighted by atomic mass is 16.5. The van der Waals surface area contributed by atoms with E-state index in [-0.39, 0.29) is 24.4 Å². The Hall–Kier alpha value is -2.93. The Balaban J connectivity index is 1.55. The number of hydrogen-bond donors (Lipinski definition) is 1. The molecule has 0 bridgehead atoms. The predicted molar refractivity (Wildman–Crippen MR) is 102 cm³/mol. The lowest BCUT2D eigenvalue weighted by molar-refractivity contribution is -0.128. The van der Waals surface area contributed by atoms with Crippen LogP contribution < -0.4 is 15.0 Å². The highest BCUT2D eigenvalue weighted by Gasteiger charge is 2.33. The number of benzene rings is 1. The van der Waals surface area contributed by atoms with E-state index in [9.17, 15) is 9.59 Å². The lowest BCUT2D eigenvalue weighted by Crippen LogP contribution is -2.57. The number of nitrogens with one attached hydrogen (secondary N) is 1. The number of rotatable bonds is 6. The molecule has 2 aromatic rings. The van der Waals surface area contributed by atoms with Crippen LogP contribution in [-0.2, 0) is 16.1 Å². The minimum atomic E-state index is -0.360. The van der Waals surface area contributed by atoms with Gasteiger partial charge in [0.15, 0.2) is 0 Å². The van der Waals surface area contributed by atoms with Gasteiger partial charge in [0.2, 0.25) is 11.8 Å². The Kier molecular flexibility index (Phi) is 6.03. The molecule has 0 radical (unpaired) electrons. The fraction of sp³-hybridized carbons (Fsp3) is 0.350. The SMILES string of the molecule is COc1ccc(N2CCN(CC(=O)NCc3ccccn3)[C@H](C)C2=O)cc1. The van der Waals surface area contributed by atoms with Crippen molar-refractivity contribution in [2.75, 3.05) is 31.6 Å². The van der Waals surface area contributed by atoms with Crippen molar-refractivity contribution in [1.29, 1.82) is 0 Å². The number of ether oxygens (including phenoxy) is 1. The van der Waals surface area contributed by atoms with Crippen LogP contribution in [0.25, 0.3) is 0 Å². The normalized spacial score (nSPS) is 17.6. The van der Waals surface area contributed by atoms with Crippen LogP contribution in [0.4, 0.5) is 5.69 Å². The molecule has 1 N–H and O–H groups in total. The number of aromatic nitrogens is 1. The van der Waals surface area contributed by atoms with Crippen molar-refractivity contribution in [3.8, 4) is 5.75 Å². The maximum Gasteiger partial charge on any atom is 0.244 e. The summed E-state index contributed by atoms with van der Waals surface area (Å²) in [5.74, 6) is 0.629. The minimum absolute atomic E-state index is 0.0102. The van der Waals surface area contributed by atoms with Crippen LogP contribution in [0.15, 0.2) is 48.7 Å². The molecule has 1 saturated heterocycles. The molecule has 1 aliphatic rings. The average Bonchev–Trinajstić information content (AvgIpc) is 2.71. The van der Waals surface area contributed by atoms with E-state index in [0.717, 1.165) is 17.1 Å². The molecule has 1 aromatic carbocycles. The summed E-state index contributed by atoms with van der Waals surface area (Å²) in [6.07, 6.45) is 1.70. The van der Waals surface area contributed by atoms with Gasteiger partial charge in [0.05, 0.1) is 31.9 Å². The average molecular weight is 368 g/mol. The zero-order valence-electron chi connectivity index (χ0n) is 15.6. The van der Waals surface area contributed by atoms with Gasteiger partial charge in [-0.15, -0.1) is 0 Å². The standard InChI is InChI=1S/C20H24N4O3/c1-15-20(26)24(17-6-8-18(27-2)9-7-17)12-11-23(15)14-19(25)22-13-16-5-3-4-10-21-16/h3-10,15H,11-14H2,1-2H3,(H,22,25)/t15-/m1/s1. The first-order valence-electron chi connectivity index (χ1n) is 8.94. The second-order valence-corrected chi connectivity index (χ2v) is 6.43. The molecule has 2 heterocycles. The van der Waals surface area contributed by atoms with Gasteiger partial charge in [-0.2, -0.15) is 0 Å². The maximum atomic E-state index is 12.8. The molecule has 0 saturated carbocycles. The summed E-state index contributed by atoms with van der Waals surface area (Å²) in [7, 11) is 1.61. The first kappa shape index (κ1) is 18.8. The minimum Gasteiger partial charge on any atom is -0.497 e. The molecule has 7 heteroatoms. The van der Waals surface area contributed by atoms with Crippen molar-refractivity contribution in [3.05, 3.63) is 54.4 Å². The van der Waals surface area contributed by atoms with E-state index in [2.05, 4.69) is 10.3 Å². The van der Waals surface area contributed by atoms with Crippen molar-refractivity contribution in [2.45, 2.75) is 19.5 Å². The molecule has 3 rings (SSSR count). The van der Waals surface area contributed by atoms with Crippen molar-refractivity contribution >= 4 is 17.5 Å². The number of anilines is 1. The van der Waals surface area contributed by atoms with E-state index in [1.165, 1.54) is 0 Å². The molecule has 27 heavy (non-hydrogen) atoms. The largest absolute Gasteiger partial charge is 0.497 e. The topological polar surface area (TPSA) is 74.8 Å². The Bertz CT molecular complexity index is 780. The number of hydrogen-bond acceptors (Lipinski definition) is 5. The van der Waals surface area contributed by atoms with Crippen LogP contribution in [0.2, 0.25) is 0 Å². The summed E-state index contributed by atoms with van der Waals surface area (Å²) in [5.41, 5.74) is 1.64. The molecule has 0 spiro atoms. The Labute approximate surface area is 158 Å². The first-order valence-corrected chi connectivity index (χ1v) is 8.94. The van der Waals surface area contributed by atoms with Crippen LogP contribution in [0.1, 0.15) is 12.6 Å². The van der Waals surface area contributed by atoms with Gasteiger partial charge in [0.1, 0.15) is 5.75 Å². The number of carbonyl (C=O) groups is 2. The van der Waals surface area contributed by atoms with E-state index in [1.807, 2.05) is 54.3 Å². The fourth-order valence-electron chi connectivity index (χ4n) is 3.08. The second-order valence-electron chi connectivity index (χ2n) is 6.43. The molecule has 7 nitrogen and oxygen atoms in total.